The molecule has 1 fully saturated rings. The van der Waals surface area contributed by atoms with E-state index in [2.05, 4.69) is 5.32 Å². The van der Waals surface area contributed by atoms with Crippen molar-refractivity contribution in [1.82, 2.24) is 0 Å². The first-order valence-corrected chi connectivity index (χ1v) is 7.56. The molecule has 0 spiro atoms. The molecular weight excluding hydrogens is 332 g/mol. The quantitative estimate of drug-likeness (QED) is 0.833. The lowest BCUT2D eigenvalue weighted by Gasteiger charge is -2.17. The number of hydrogen-bond donors (Lipinski definition) is 2. The highest BCUT2D eigenvalue weighted by molar-refractivity contribution is 6.31. The van der Waals surface area contributed by atoms with E-state index in [1.165, 1.54) is 6.07 Å². The highest BCUT2D eigenvalue weighted by Crippen LogP contribution is 2.27. The number of nitrogens with one attached hydrogen (secondary N) is 1. The SMILES string of the molecule is O=C(O)c1ccccc1NC1CC(=O)N(c2ccc(Cl)cc2)C1=O. The lowest BCUT2D eigenvalue weighted by molar-refractivity contribution is -0.121. The summed E-state index contributed by atoms with van der Waals surface area (Å²) in [5, 5.41) is 12.6. The fourth-order valence-electron chi connectivity index (χ4n) is 2.59. The summed E-state index contributed by atoms with van der Waals surface area (Å²) >= 11 is 5.82. The van der Waals surface area contributed by atoms with Gasteiger partial charge in [0.05, 0.1) is 17.7 Å². The number of para-hydroxylation sites is 1. The molecule has 2 aromatic carbocycles. The third kappa shape index (κ3) is 2.96. The average Bonchev–Trinajstić information content (AvgIpc) is 2.83. The molecule has 24 heavy (non-hydrogen) atoms. The molecule has 0 bridgehead atoms. The number of hydrogen-bond acceptors (Lipinski definition) is 4. The molecule has 0 saturated carbocycles. The molecule has 2 amide bonds. The van der Waals surface area contributed by atoms with Crippen LogP contribution in [-0.2, 0) is 9.59 Å². The number of imide groups is 1. The van der Waals surface area contributed by atoms with E-state index in [1.54, 1.807) is 42.5 Å². The molecular formula is C17H13ClN2O4. The minimum Gasteiger partial charge on any atom is -0.478 e. The van der Waals surface area contributed by atoms with Crippen LogP contribution in [0, 0.1) is 0 Å². The van der Waals surface area contributed by atoms with Crippen molar-refractivity contribution >= 4 is 40.8 Å². The maximum atomic E-state index is 12.5. The predicted octanol–water partition coefficient (Wildman–Crippen LogP) is 2.78. The van der Waals surface area contributed by atoms with E-state index in [1.807, 2.05) is 0 Å². The molecule has 6 nitrogen and oxygen atoms in total. The highest BCUT2D eigenvalue weighted by Gasteiger charge is 2.39. The lowest BCUT2D eigenvalue weighted by atomic mass is 10.1. The molecule has 0 aromatic heterocycles. The van der Waals surface area contributed by atoms with E-state index in [-0.39, 0.29) is 17.9 Å². The summed E-state index contributed by atoms with van der Waals surface area (Å²) in [6, 6.07) is 11.8. The van der Waals surface area contributed by atoms with Crippen molar-refractivity contribution < 1.29 is 19.5 Å². The molecule has 7 heteroatoms. The van der Waals surface area contributed by atoms with E-state index in [0.29, 0.717) is 16.4 Å². The zero-order valence-electron chi connectivity index (χ0n) is 12.4. The Kier molecular flexibility index (Phi) is 4.22. The van der Waals surface area contributed by atoms with Crippen LogP contribution in [0.2, 0.25) is 5.02 Å². The summed E-state index contributed by atoms with van der Waals surface area (Å²) in [5.41, 5.74) is 0.780. The third-order valence-electron chi connectivity index (χ3n) is 3.72. The lowest BCUT2D eigenvalue weighted by Crippen LogP contribution is -2.35. The van der Waals surface area contributed by atoms with Crippen LogP contribution in [-0.4, -0.2) is 28.9 Å². The number of amides is 2. The molecule has 1 aliphatic heterocycles. The van der Waals surface area contributed by atoms with E-state index >= 15 is 0 Å². The molecule has 1 atom stereocenters. The van der Waals surface area contributed by atoms with Gasteiger partial charge >= 0.3 is 5.97 Å². The molecule has 3 rings (SSSR count). The van der Waals surface area contributed by atoms with Crippen LogP contribution in [0.5, 0.6) is 0 Å². The Labute approximate surface area is 142 Å². The van der Waals surface area contributed by atoms with Gasteiger partial charge in [0, 0.05) is 10.7 Å². The van der Waals surface area contributed by atoms with Crippen molar-refractivity contribution in [2.24, 2.45) is 0 Å². The summed E-state index contributed by atoms with van der Waals surface area (Å²) in [5.74, 6) is -1.89. The van der Waals surface area contributed by atoms with E-state index in [4.69, 9.17) is 11.6 Å². The Morgan fingerprint density at radius 2 is 1.79 bits per heavy atom. The minimum atomic E-state index is -1.11. The first-order valence-electron chi connectivity index (χ1n) is 7.18. The first-order chi connectivity index (χ1) is 11.5. The van der Waals surface area contributed by atoms with Crippen molar-refractivity contribution in [3.63, 3.8) is 0 Å². The molecule has 1 saturated heterocycles. The molecule has 122 valence electrons. The Morgan fingerprint density at radius 1 is 1.12 bits per heavy atom. The number of carboxylic acid groups (broad SMARTS) is 1. The van der Waals surface area contributed by atoms with E-state index in [9.17, 15) is 19.5 Å². The fraction of sp³-hybridized carbons (Fsp3) is 0.118. The van der Waals surface area contributed by atoms with Crippen LogP contribution >= 0.6 is 11.6 Å². The van der Waals surface area contributed by atoms with Gasteiger partial charge in [-0.05, 0) is 36.4 Å². The van der Waals surface area contributed by atoms with Gasteiger partial charge < -0.3 is 10.4 Å². The summed E-state index contributed by atoms with van der Waals surface area (Å²) in [4.78, 5) is 37.1. The number of anilines is 2. The largest absolute Gasteiger partial charge is 0.478 e. The monoisotopic (exact) mass is 344 g/mol. The van der Waals surface area contributed by atoms with Crippen molar-refractivity contribution in [3.8, 4) is 0 Å². The van der Waals surface area contributed by atoms with Gasteiger partial charge in [0.15, 0.2) is 0 Å². The number of carbonyl (C=O) groups excluding carboxylic acids is 2. The Hall–Kier alpha value is -2.86. The molecule has 1 aliphatic rings. The topological polar surface area (TPSA) is 86.7 Å². The highest BCUT2D eigenvalue weighted by atomic mass is 35.5. The van der Waals surface area contributed by atoms with Crippen molar-refractivity contribution in [2.45, 2.75) is 12.5 Å². The van der Waals surface area contributed by atoms with Gasteiger partial charge in [-0.2, -0.15) is 0 Å². The number of aromatic carboxylic acids is 1. The fourth-order valence-corrected chi connectivity index (χ4v) is 2.72. The maximum Gasteiger partial charge on any atom is 0.337 e. The first kappa shape index (κ1) is 16.0. The van der Waals surface area contributed by atoms with Crippen LogP contribution in [0.4, 0.5) is 11.4 Å². The second-order valence-corrected chi connectivity index (χ2v) is 5.73. The average molecular weight is 345 g/mol. The molecule has 2 N–H and O–H groups in total. The van der Waals surface area contributed by atoms with Gasteiger partial charge in [0.25, 0.3) is 5.91 Å². The standard InChI is InChI=1S/C17H13ClN2O4/c18-10-5-7-11(8-6-10)20-15(21)9-14(16(20)22)19-13-4-2-1-3-12(13)17(23)24/h1-8,14,19H,9H2,(H,23,24). The summed E-state index contributed by atoms with van der Waals surface area (Å²) in [6.07, 6.45) is -0.0462. The zero-order valence-corrected chi connectivity index (χ0v) is 13.2. The summed E-state index contributed by atoms with van der Waals surface area (Å²) < 4.78 is 0. The Morgan fingerprint density at radius 3 is 2.46 bits per heavy atom. The van der Waals surface area contributed by atoms with Crippen LogP contribution in [0.3, 0.4) is 0 Å². The van der Waals surface area contributed by atoms with Crippen LogP contribution < -0.4 is 10.2 Å². The van der Waals surface area contributed by atoms with Crippen LogP contribution in [0.25, 0.3) is 0 Å². The molecule has 2 aromatic rings. The number of carboxylic acids is 1. The van der Waals surface area contributed by atoms with Gasteiger partial charge in [0.2, 0.25) is 5.91 Å². The number of benzene rings is 2. The molecule has 1 heterocycles. The van der Waals surface area contributed by atoms with Gasteiger partial charge in [0.1, 0.15) is 6.04 Å². The van der Waals surface area contributed by atoms with Crippen LogP contribution in [0.15, 0.2) is 48.5 Å². The Balaban J connectivity index is 1.85. The third-order valence-corrected chi connectivity index (χ3v) is 3.97. The number of rotatable bonds is 4. The maximum absolute atomic E-state index is 12.5. The molecule has 0 radical (unpaired) electrons. The van der Waals surface area contributed by atoms with Crippen LogP contribution in [0.1, 0.15) is 16.8 Å². The zero-order chi connectivity index (χ0) is 17.3. The van der Waals surface area contributed by atoms with Gasteiger partial charge in [-0.15, -0.1) is 0 Å². The summed E-state index contributed by atoms with van der Waals surface area (Å²) in [7, 11) is 0. The van der Waals surface area contributed by atoms with E-state index in [0.717, 1.165) is 4.90 Å². The number of carbonyl (C=O) groups is 3. The normalized spacial score (nSPS) is 17.2. The van der Waals surface area contributed by atoms with Crippen molar-refractivity contribution in [2.75, 3.05) is 10.2 Å². The second kappa shape index (κ2) is 6.33. The van der Waals surface area contributed by atoms with Gasteiger partial charge in [-0.3, -0.25) is 9.59 Å². The predicted molar refractivity (Wildman–Crippen MR) is 89.4 cm³/mol. The van der Waals surface area contributed by atoms with Crippen molar-refractivity contribution in [1.29, 1.82) is 0 Å². The molecule has 1 unspecified atom stereocenters. The number of halogens is 1. The van der Waals surface area contributed by atoms with Gasteiger partial charge in [-0.1, -0.05) is 23.7 Å². The number of nitrogens with zero attached hydrogens (tertiary/aromatic N) is 1. The minimum absolute atomic E-state index is 0.0442. The Bertz CT molecular complexity index is 820. The second-order valence-electron chi connectivity index (χ2n) is 5.30. The summed E-state index contributed by atoms with van der Waals surface area (Å²) in [6.45, 7) is 0. The van der Waals surface area contributed by atoms with Crippen molar-refractivity contribution in [3.05, 3.63) is 59.1 Å². The van der Waals surface area contributed by atoms with Gasteiger partial charge in [-0.25, -0.2) is 9.69 Å². The van der Waals surface area contributed by atoms with E-state index < -0.39 is 17.9 Å². The smallest absolute Gasteiger partial charge is 0.337 e. The molecule has 0 aliphatic carbocycles.